The zero-order chi connectivity index (χ0) is 15.5. The highest BCUT2D eigenvalue weighted by atomic mass is 35.5. The van der Waals surface area contributed by atoms with Crippen LogP contribution in [-0.4, -0.2) is 40.6 Å². The molecule has 1 heterocycles. The molecule has 2 rings (SSSR count). The monoisotopic (exact) mass is 332 g/mol. The van der Waals surface area contributed by atoms with Crippen LogP contribution >= 0.6 is 11.6 Å². The van der Waals surface area contributed by atoms with Crippen LogP contribution in [0.5, 0.6) is 0 Å². The van der Waals surface area contributed by atoms with Gasteiger partial charge in [0, 0.05) is 12.6 Å². The Hall–Kier alpha value is -1.15. The Morgan fingerprint density at radius 1 is 1.48 bits per heavy atom. The van der Waals surface area contributed by atoms with E-state index in [0.29, 0.717) is 6.54 Å². The first-order chi connectivity index (χ1) is 9.94. The number of esters is 1. The molecule has 1 atom stereocenters. The van der Waals surface area contributed by atoms with Crippen LogP contribution in [0.2, 0.25) is 5.02 Å². The first-order valence-electron chi connectivity index (χ1n) is 6.55. The molecule has 1 fully saturated rings. The molecule has 0 saturated carbocycles. The number of nitrogens with one attached hydrogen (secondary N) is 2. The zero-order valence-corrected chi connectivity index (χ0v) is 13.1. The number of methoxy groups -OCH3 is 1. The van der Waals surface area contributed by atoms with Gasteiger partial charge < -0.3 is 10.1 Å². The topological polar surface area (TPSA) is 84.5 Å². The predicted molar refractivity (Wildman–Crippen MR) is 79.0 cm³/mol. The van der Waals surface area contributed by atoms with E-state index in [4.69, 9.17) is 11.6 Å². The van der Waals surface area contributed by atoms with Gasteiger partial charge in [0.15, 0.2) is 0 Å². The van der Waals surface area contributed by atoms with Gasteiger partial charge in [-0.3, -0.25) is 0 Å². The summed E-state index contributed by atoms with van der Waals surface area (Å²) in [6.45, 7) is 1.51. The molecule has 1 aliphatic heterocycles. The van der Waals surface area contributed by atoms with Crippen LogP contribution in [0.15, 0.2) is 23.1 Å². The van der Waals surface area contributed by atoms with Gasteiger partial charge in [0.1, 0.15) is 0 Å². The fourth-order valence-corrected chi connectivity index (χ4v) is 3.80. The predicted octanol–water partition coefficient (Wildman–Crippen LogP) is 1.16. The van der Waals surface area contributed by atoms with Crippen molar-refractivity contribution < 1.29 is 17.9 Å². The number of hydrogen-bond acceptors (Lipinski definition) is 5. The van der Waals surface area contributed by atoms with E-state index >= 15 is 0 Å². The van der Waals surface area contributed by atoms with E-state index in [9.17, 15) is 13.2 Å². The molecule has 0 aromatic heterocycles. The molecule has 1 saturated heterocycles. The summed E-state index contributed by atoms with van der Waals surface area (Å²) in [7, 11) is -2.42. The fraction of sp³-hybridized carbons (Fsp3) is 0.462. The second-order valence-corrected chi connectivity index (χ2v) is 6.92. The lowest BCUT2D eigenvalue weighted by molar-refractivity contribution is 0.0601. The molecule has 1 aliphatic rings. The molecule has 0 spiro atoms. The number of halogens is 1. The summed E-state index contributed by atoms with van der Waals surface area (Å²) in [5, 5.41) is 3.19. The maximum absolute atomic E-state index is 12.3. The molecule has 0 aliphatic carbocycles. The normalized spacial score (nSPS) is 19.2. The zero-order valence-electron chi connectivity index (χ0n) is 11.6. The number of hydrogen-bond donors (Lipinski definition) is 2. The van der Waals surface area contributed by atoms with Gasteiger partial charge in [-0.15, -0.1) is 0 Å². The van der Waals surface area contributed by atoms with Gasteiger partial charge in [-0.25, -0.2) is 17.9 Å². The smallest absolute Gasteiger partial charge is 0.339 e. The molecule has 116 valence electrons. The maximum atomic E-state index is 12.3. The van der Waals surface area contributed by atoms with Crippen molar-refractivity contribution in [2.24, 2.45) is 0 Å². The third kappa shape index (κ3) is 3.94. The van der Waals surface area contributed by atoms with Gasteiger partial charge in [0.2, 0.25) is 10.0 Å². The van der Waals surface area contributed by atoms with Gasteiger partial charge in [0.25, 0.3) is 0 Å². The summed E-state index contributed by atoms with van der Waals surface area (Å²) in [5.74, 6) is -0.603. The molecule has 0 unspecified atom stereocenters. The lowest BCUT2D eigenvalue weighted by atomic mass is 10.1. The van der Waals surface area contributed by atoms with E-state index in [1.807, 2.05) is 0 Å². The molecule has 0 bridgehead atoms. The molecule has 8 heteroatoms. The Kier molecular flexibility index (Phi) is 5.21. The van der Waals surface area contributed by atoms with Crippen molar-refractivity contribution in [3.63, 3.8) is 0 Å². The Balaban J connectivity index is 2.20. The average Bonchev–Trinajstić information content (AvgIpc) is 2.47. The standard InChI is InChI=1S/C13H17ClN2O4S/c1-20-13(17)11-5-4-10(7-12(11)14)21(18,19)16-9-3-2-6-15-8-9/h4-5,7,9,15-16H,2-3,6,8H2,1H3/t9-/m0/s1. The number of carbonyl (C=O) groups is 1. The first-order valence-corrected chi connectivity index (χ1v) is 8.41. The van der Waals surface area contributed by atoms with Crippen molar-refractivity contribution in [2.75, 3.05) is 20.2 Å². The summed E-state index contributed by atoms with van der Waals surface area (Å²) < 4.78 is 31.8. The van der Waals surface area contributed by atoms with Crippen LogP contribution in [0.3, 0.4) is 0 Å². The second-order valence-electron chi connectivity index (χ2n) is 4.80. The molecule has 1 aromatic carbocycles. The van der Waals surface area contributed by atoms with E-state index in [2.05, 4.69) is 14.8 Å². The summed E-state index contributed by atoms with van der Waals surface area (Å²) in [6.07, 6.45) is 1.72. The van der Waals surface area contributed by atoms with Crippen molar-refractivity contribution in [1.29, 1.82) is 0 Å². The Labute approximate surface area is 128 Å². The summed E-state index contributed by atoms with van der Waals surface area (Å²) >= 11 is 5.95. The van der Waals surface area contributed by atoms with Crippen molar-refractivity contribution in [3.05, 3.63) is 28.8 Å². The van der Waals surface area contributed by atoms with E-state index in [0.717, 1.165) is 19.4 Å². The quantitative estimate of drug-likeness (QED) is 0.808. The molecule has 1 aromatic rings. The molecular formula is C13H17ClN2O4S. The summed E-state index contributed by atoms with van der Waals surface area (Å²) in [4.78, 5) is 11.5. The van der Waals surface area contributed by atoms with Crippen LogP contribution in [0.25, 0.3) is 0 Å². The highest BCUT2D eigenvalue weighted by Crippen LogP contribution is 2.22. The van der Waals surface area contributed by atoms with Gasteiger partial charge in [-0.05, 0) is 37.6 Å². The lowest BCUT2D eigenvalue weighted by Gasteiger charge is -2.23. The fourth-order valence-electron chi connectivity index (χ4n) is 2.18. The van der Waals surface area contributed by atoms with Gasteiger partial charge >= 0.3 is 5.97 Å². The van der Waals surface area contributed by atoms with Crippen LogP contribution in [0, 0.1) is 0 Å². The van der Waals surface area contributed by atoms with Gasteiger partial charge in [-0.2, -0.15) is 0 Å². The number of carbonyl (C=O) groups excluding carboxylic acids is 1. The first kappa shape index (κ1) is 16.2. The van der Waals surface area contributed by atoms with Crippen LogP contribution in [0.1, 0.15) is 23.2 Å². The minimum absolute atomic E-state index is 0.0331. The van der Waals surface area contributed by atoms with Crippen LogP contribution in [0.4, 0.5) is 0 Å². The van der Waals surface area contributed by atoms with Crippen molar-refractivity contribution >= 4 is 27.6 Å². The van der Waals surface area contributed by atoms with Crippen molar-refractivity contribution in [2.45, 2.75) is 23.8 Å². The van der Waals surface area contributed by atoms with E-state index in [1.54, 1.807) is 0 Å². The Morgan fingerprint density at radius 3 is 2.81 bits per heavy atom. The lowest BCUT2D eigenvalue weighted by Crippen LogP contribution is -2.45. The van der Waals surface area contributed by atoms with Crippen LogP contribution in [-0.2, 0) is 14.8 Å². The molecule has 2 N–H and O–H groups in total. The molecular weight excluding hydrogens is 316 g/mol. The number of sulfonamides is 1. The highest BCUT2D eigenvalue weighted by molar-refractivity contribution is 7.89. The largest absolute Gasteiger partial charge is 0.465 e. The van der Waals surface area contributed by atoms with E-state index < -0.39 is 16.0 Å². The summed E-state index contributed by atoms with van der Waals surface area (Å²) in [6, 6.07) is 3.81. The SMILES string of the molecule is COC(=O)c1ccc(S(=O)(=O)N[C@H]2CCCNC2)cc1Cl. The molecule has 0 amide bonds. The number of benzene rings is 1. The Bertz CT molecular complexity index is 627. The highest BCUT2D eigenvalue weighted by Gasteiger charge is 2.23. The van der Waals surface area contributed by atoms with E-state index in [-0.39, 0.29) is 21.5 Å². The average molecular weight is 333 g/mol. The third-order valence-corrected chi connectivity index (χ3v) is 5.11. The minimum Gasteiger partial charge on any atom is -0.465 e. The minimum atomic E-state index is -3.66. The van der Waals surface area contributed by atoms with Gasteiger partial charge in [0.05, 0.1) is 22.6 Å². The Morgan fingerprint density at radius 2 is 2.24 bits per heavy atom. The second kappa shape index (κ2) is 6.74. The van der Waals surface area contributed by atoms with Gasteiger partial charge in [-0.1, -0.05) is 11.6 Å². The molecule has 6 nitrogen and oxygen atoms in total. The summed E-state index contributed by atoms with van der Waals surface area (Å²) in [5.41, 5.74) is 0.137. The number of ether oxygens (including phenoxy) is 1. The maximum Gasteiger partial charge on any atom is 0.339 e. The molecule has 21 heavy (non-hydrogen) atoms. The molecule has 0 radical (unpaired) electrons. The van der Waals surface area contributed by atoms with Crippen molar-refractivity contribution in [3.8, 4) is 0 Å². The van der Waals surface area contributed by atoms with E-state index in [1.165, 1.54) is 25.3 Å². The third-order valence-electron chi connectivity index (χ3n) is 3.27. The van der Waals surface area contributed by atoms with Crippen molar-refractivity contribution in [1.82, 2.24) is 10.0 Å². The number of rotatable bonds is 4. The number of piperidine rings is 1. The van der Waals surface area contributed by atoms with Crippen LogP contribution < -0.4 is 10.0 Å².